The van der Waals surface area contributed by atoms with Crippen molar-refractivity contribution in [2.75, 3.05) is 11.9 Å². The van der Waals surface area contributed by atoms with Gasteiger partial charge in [0.2, 0.25) is 0 Å². The number of carbonyl (C=O) groups is 2. The Hall–Kier alpha value is -2.68. The highest BCUT2D eigenvalue weighted by Crippen LogP contribution is 2.40. The molecule has 0 atom stereocenters. The summed E-state index contributed by atoms with van der Waals surface area (Å²) in [5.41, 5.74) is 4.69. The molecule has 2 aromatic heterocycles. The number of fused-ring (bicyclic) bond motifs is 2. The van der Waals surface area contributed by atoms with Crippen LogP contribution < -0.4 is 16.0 Å². The van der Waals surface area contributed by atoms with Crippen LogP contribution in [-0.4, -0.2) is 24.1 Å². The summed E-state index contributed by atoms with van der Waals surface area (Å²) in [7, 11) is 0. The van der Waals surface area contributed by atoms with E-state index in [2.05, 4.69) is 28.1 Å². The first-order valence-corrected chi connectivity index (χ1v) is 14.3. The van der Waals surface area contributed by atoms with Crippen molar-refractivity contribution < 1.29 is 14.3 Å². The van der Waals surface area contributed by atoms with Gasteiger partial charge in [-0.05, 0) is 81.7 Å². The Balaban J connectivity index is 1.37. The van der Waals surface area contributed by atoms with E-state index in [0.717, 1.165) is 50.8 Å². The van der Waals surface area contributed by atoms with Gasteiger partial charge in [-0.1, -0.05) is 30.3 Å². The molecule has 3 heterocycles. The maximum absolute atomic E-state index is 13.1. The second-order valence-corrected chi connectivity index (χ2v) is 12.5. The number of ether oxygens (including phenoxy) is 1. The molecule has 8 heteroatoms. The Morgan fingerprint density at radius 3 is 2.56 bits per heavy atom. The lowest BCUT2D eigenvalue weighted by atomic mass is 9.95. The van der Waals surface area contributed by atoms with Gasteiger partial charge in [-0.2, -0.15) is 0 Å². The third-order valence-electron chi connectivity index (χ3n) is 6.50. The van der Waals surface area contributed by atoms with Crippen molar-refractivity contribution in [3.63, 3.8) is 0 Å². The molecule has 0 saturated heterocycles. The first-order chi connectivity index (χ1) is 17.3. The van der Waals surface area contributed by atoms with Gasteiger partial charge in [0, 0.05) is 27.7 Å². The zero-order chi connectivity index (χ0) is 25.3. The molecule has 0 bridgehead atoms. The summed E-state index contributed by atoms with van der Waals surface area (Å²) >= 11 is 3.32. The van der Waals surface area contributed by atoms with Gasteiger partial charge in [-0.3, -0.25) is 5.32 Å². The molecule has 2 aliphatic rings. The van der Waals surface area contributed by atoms with Crippen LogP contribution in [0.1, 0.15) is 70.4 Å². The predicted molar refractivity (Wildman–Crippen MR) is 147 cm³/mol. The summed E-state index contributed by atoms with van der Waals surface area (Å²) in [6, 6.07) is 10.1. The number of carbonyl (C=O) groups excluding carboxylic acids is 2. The van der Waals surface area contributed by atoms with E-state index < -0.39 is 5.60 Å². The third-order valence-corrected chi connectivity index (χ3v) is 9.03. The first kappa shape index (κ1) is 25.0. The lowest BCUT2D eigenvalue weighted by Crippen LogP contribution is -2.30. The maximum atomic E-state index is 13.1. The summed E-state index contributed by atoms with van der Waals surface area (Å²) in [6.45, 7) is 7.85. The number of benzene rings is 1. The van der Waals surface area contributed by atoms with Crippen molar-refractivity contribution in [1.29, 1.82) is 0 Å². The lowest BCUT2D eigenvalue weighted by molar-refractivity contribution is 0.00699. The topological polar surface area (TPSA) is 79.5 Å². The smallest absolute Gasteiger partial charge is 0.341 e. The highest BCUT2D eigenvalue weighted by Gasteiger charge is 2.30. The Morgan fingerprint density at radius 1 is 1.00 bits per heavy atom. The van der Waals surface area contributed by atoms with Gasteiger partial charge in [0.15, 0.2) is 0 Å². The highest BCUT2D eigenvalue weighted by molar-refractivity contribution is 7.17. The fourth-order valence-corrected chi connectivity index (χ4v) is 7.54. The molecule has 0 fully saturated rings. The Labute approximate surface area is 220 Å². The van der Waals surface area contributed by atoms with Crippen LogP contribution >= 0.6 is 22.7 Å². The molecule has 1 aliphatic heterocycles. The normalized spacial score (nSPS) is 15.1. The van der Waals surface area contributed by atoms with Crippen LogP contribution in [0.15, 0.2) is 30.3 Å². The number of nitrogens with one attached hydrogen (secondary N) is 3. The van der Waals surface area contributed by atoms with Crippen molar-refractivity contribution in [2.24, 2.45) is 0 Å². The molecule has 0 radical (unpaired) electrons. The molecular weight excluding hydrogens is 490 g/mol. The molecule has 0 unspecified atom stereocenters. The number of aryl methyl sites for hydroxylation is 1. The minimum atomic E-state index is -0.596. The molecule has 6 nitrogen and oxygen atoms in total. The van der Waals surface area contributed by atoms with Gasteiger partial charge < -0.3 is 15.4 Å². The maximum Gasteiger partial charge on any atom is 0.341 e. The first-order valence-electron chi connectivity index (χ1n) is 12.6. The number of rotatable bonds is 5. The average molecular weight is 524 g/mol. The fraction of sp³-hybridized carbons (Fsp3) is 0.429. The number of anilines is 1. The van der Waals surface area contributed by atoms with Crippen molar-refractivity contribution in [2.45, 2.75) is 71.6 Å². The zero-order valence-corrected chi connectivity index (χ0v) is 22.7. The fourth-order valence-electron chi connectivity index (χ4n) is 4.92. The summed E-state index contributed by atoms with van der Waals surface area (Å²) < 4.78 is 5.71. The van der Waals surface area contributed by atoms with E-state index in [-0.39, 0.29) is 12.0 Å². The van der Waals surface area contributed by atoms with Gasteiger partial charge in [0.1, 0.15) is 10.6 Å². The van der Waals surface area contributed by atoms with Crippen LogP contribution in [0.4, 0.5) is 9.80 Å². The number of urea groups is 1. The number of hydrogen-bond donors (Lipinski definition) is 3. The van der Waals surface area contributed by atoms with E-state index in [1.165, 1.54) is 42.7 Å². The van der Waals surface area contributed by atoms with E-state index in [0.29, 0.717) is 17.1 Å². The van der Waals surface area contributed by atoms with Gasteiger partial charge in [0.05, 0.1) is 5.56 Å². The van der Waals surface area contributed by atoms with Crippen LogP contribution in [0, 0.1) is 0 Å². The van der Waals surface area contributed by atoms with E-state index in [1.807, 2.05) is 50.3 Å². The largest absolute Gasteiger partial charge is 0.456 e. The van der Waals surface area contributed by atoms with Gasteiger partial charge in [0.25, 0.3) is 0 Å². The van der Waals surface area contributed by atoms with Crippen LogP contribution in [0.25, 0.3) is 10.4 Å². The molecule has 3 aromatic rings. The monoisotopic (exact) mass is 523 g/mol. The summed E-state index contributed by atoms with van der Waals surface area (Å²) in [6.07, 6.45) is 4.89. The lowest BCUT2D eigenvalue weighted by Gasteiger charge is -2.21. The SMILES string of the molecule is CC(C)(C)OC(=O)c1c(NC(=O)NCc2c(-c3ccccc3)sc3c2CCNC3)sc2c1CCCC2. The summed E-state index contributed by atoms with van der Waals surface area (Å²) in [4.78, 5) is 30.0. The van der Waals surface area contributed by atoms with E-state index >= 15 is 0 Å². The molecule has 5 rings (SSSR count). The number of esters is 1. The average Bonchev–Trinajstić information content (AvgIpc) is 3.40. The predicted octanol–water partition coefficient (Wildman–Crippen LogP) is 6.28. The zero-order valence-electron chi connectivity index (χ0n) is 21.1. The molecule has 1 aliphatic carbocycles. The molecule has 1 aromatic carbocycles. The second-order valence-electron chi connectivity index (χ2n) is 10.3. The summed E-state index contributed by atoms with van der Waals surface area (Å²) in [5.74, 6) is -0.358. The third kappa shape index (κ3) is 5.36. The molecule has 190 valence electrons. The van der Waals surface area contributed by atoms with Crippen molar-refractivity contribution in [1.82, 2.24) is 10.6 Å². The number of hydrogen-bond acceptors (Lipinski definition) is 6. The van der Waals surface area contributed by atoms with Gasteiger partial charge in [-0.25, -0.2) is 9.59 Å². The number of amides is 2. The van der Waals surface area contributed by atoms with Crippen LogP contribution in [0.5, 0.6) is 0 Å². The van der Waals surface area contributed by atoms with E-state index in [4.69, 9.17) is 4.74 Å². The standard InChI is InChI=1S/C28H33N3O3S2/c1-28(2,3)34-26(32)23-19-11-7-8-12-21(19)36-25(23)31-27(33)30-15-20-18-13-14-29-16-22(18)35-24(20)17-9-5-4-6-10-17/h4-6,9-10,29H,7-8,11-16H2,1-3H3,(H2,30,31,33). The Morgan fingerprint density at radius 2 is 1.78 bits per heavy atom. The minimum Gasteiger partial charge on any atom is -0.456 e. The number of thiophene rings is 2. The van der Waals surface area contributed by atoms with Gasteiger partial charge in [-0.15, -0.1) is 22.7 Å². The molecular formula is C28H33N3O3S2. The van der Waals surface area contributed by atoms with Crippen molar-refractivity contribution in [3.05, 3.63) is 62.3 Å². The molecule has 3 N–H and O–H groups in total. The van der Waals surface area contributed by atoms with E-state index in [9.17, 15) is 9.59 Å². The van der Waals surface area contributed by atoms with Crippen LogP contribution in [0.3, 0.4) is 0 Å². The van der Waals surface area contributed by atoms with Crippen LogP contribution in [0.2, 0.25) is 0 Å². The van der Waals surface area contributed by atoms with Crippen molar-refractivity contribution in [3.8, 4) is 10.4 Å². The Kier molecular flexibility index (Phi) is 7.19. The van der Waals surface area contributed by atoms with Crippen molar-refractivity contribution >= 4 is 39.7 Å². The molecule has 36 heavy (non-hydrogen) atoms. The molecule has 0 saturated carbocycles. The second kappa shape index (κ2) is 10.4. The molecule has 2 amide bonds. The quantitative estimate of drug-likeness (QED) is 0.344. The van der Waals surface area contributed by atoms with Gasteiger partial charge >= 0.3 is 12.0 Å². The summed E-state index contributed by atoms with van der Waals surface area (Å²) in [5, 5.41) is 10.1. The molecule has 0 spiro atoms. The van der Waals surface area contributed by atoms with E-state index in [1.54, 1.807) is 0 Å². The Bertz CT molecular complexity index is 1270. The van der Waals surface area contributed by atoms with Crippen LogP contribution in [-0.2, 0) is 37.1 Å². The minimum absolute atomic E-state index is 0.300. The highest BCUT2D eigenvalue weighted by atomic mass is 32.1.